The Kier molecular flexibility index (Phi) is 1.48. The third-order valence-electron chi connectivity index (χ3n) is 1.09. The van der Waals surface area contributed by atoms with Crippen molar-refractivity contribution in [2.75, 3.05) is 6.61 Å². The first kappa shape index (κ1) is 5.56. The van der Waals surface area contributed by atoms with E-state index in [2.05, 4.69) is 16.1 Å². The third-order valence-corrected chi connectivity index (χ3v) is 1.09. The lowest BCUT2D eigenvalue weighted by Crippen LogP contribution is -2.21. The van der Waals surface area contributed by atoms with Gasteiger partial charge >= 0.3 is 0 Å². The zero-order valence-corrected chi connectivity index (χ0v) is 4.66. The zero-order valence-electron chi connectivity index (χ0n) is 4.66. The first-order valence-electron chi connectivity index (χ1n) is 2.55. The maximum absolute atomic E-state index is 8.84. The predicted octanol–water partition coefficient (Wildman–Crippen LogP) is -0.329. The molecule has 1 rings (SSSR count). The van der Waals surface area contributed by atoms with Crippen LogP contribution in [0.3, 0.4) is 0 Å². The van der Waals surface area contributed by atoms with E-state index in [1.807, 2.05) is 0 Å². The molecular weight excluding hydrogens is 106 g/mol. The molecule has 0 saturated carbocycles. The van der Waals surface area contributed by atoms with E-state index in [-0.39, 0.29) is 6.04 Å². The van der Waals surface area contributed by atoms with E-state index in [1.54, 1.807) is 6.92 Å². The summed E-state index contributed by atoms with van der Waals surface area (Å²) in [4.78, 5) is 3.71. The molecule has 1 radical (unpaired) electrons. The van der Waals surface area contributed by atoms with Crippen LogP contribution in [0, 0.1) is 0 Å². The highest BCUT2D eigenvalue weighted by Crippen LogP contribution is 2.02. The Labute approximate surface area is 48.0 Å². The Morgan fingerprint density at radius 1 is 2.00 bits per heavy atom. The van der Waals surface area contributed by atoms with Crippen LogP contribution in [0.2, 0.25) is 0 Å². The minimum absolute atomic E-state index is 0.0880. The fourth-order valence-corrected chi connectivity index (χ4v) is 0.512. The van der Waals surface area contributed by atoms with Gasteiger partial charge in [0.15, 0.2) is 0 Å². The predicted molar refractivity (Wildman–Crippen MR) is 28.9 cm³/mol. The van der Waals surface area contributed by atoms with Crippen molar-refractivity contribution >= 4 is 6.40 Å². The summed E-state index contributed by atoms with van der Waals surface area (Å²) in [7, 11) is 0. The lowest BCUT2D eigenvalue weighted by molar-refractivity contribution is 0.146. The van der Waals surface area contributed by atoms with Gasteiger partial charge in [-0.2, -0.15) is 0 Å². The van der Waals surface area contributed by atoms with Gasteiger partial charge in [0.2, 0.25) is 0 Å². The van der Waals surface area contributed by atoms with Crippen molar-refractivity contribution in [2.24, 2.45) is 4.99 Å². The lowest BCUT2D eigenvalue weighted by Gasteiger charge is -2.05. The molecule has 0 aliphatic carbocycles. The Bertz CT molecular complexity index is 101. The quantitative estimate of drug-likeness (QED) is 0.507. The number of ether oxygens (including phenoxy) is 1. The van der Waals surface area contributed by atoms with Gasteiger partial charge in [0.25, 0.3) is 6.40 Å². The van der Waals surface area contributed by atoms with Crippen LogP contribution in [0.1, 0.15) is 6.92 Å². The van der Waals surface area contributed by atoms with E-state index in [0.717, 1.165) is 0 Å². The molecule has 8 heavy (non-hydrogen) atoms. The topological polar surface area (TPSA) is 41.8 Å². The molecule has 2 atom stereocenters. The highest BCUT2D eigenvalue weighted by atomic mass is 16.5. The molecule has 0 bridgehead atoms. The number of nitrogens with zero attached hydrogens (tertiary/aromatic N) is 1. The molecule has 1 heterocycles. The Hall–Kier alpha value is -0.570. The summed E-state index contributed by atoms with van der Waals surface area (Å²) in [6.07, 6.45) is 1.91. The third kappa shape index (κ3) is 0.980. The van der Waals surface area contributed by atoms with Crippen molar-refractivity contribution in [1.82, 2.24) is 0 Å². The van der Waals surface area contributed by atoms with Crippen molar-refractivity contribution in [3.63, 3.8) is 0 Å². The molecule has 0 aromatic carbocycles. The standard InChI is InChI=1S/C5H8NO2/c1-4(7)5-2-8-3-6-5/h4-5,7H,2H2,1H3/t4-,5-/m0/s1. The number of aliphatic hydroxyl groups is 1. The minimum Gasteiger partial charge on any atom is -0.472 e. The SMILES string of the molecule is C[C@H](O)[C@@H]1CO[C]=N1. The van der Waals surface area contributed by atoms with Crippen molar-refractivity contribution in [3.05, 3.63) is 0 Å². The normalized spacial score (nSPS) is 30.0. The number of hydrogen-bond donors (Lipinski definition) is 1. The molecule has 0 saturated heterocycles. The van der Waals surface area contributed by atoms with E-state index in [9.17, 15) is 0 Å². The first-order chi connectivity index (χ1) is 3.80. The van der Waals surface area contributed by atoms with Gasteiger partial charge in [-0.05, 0) is 6.92 Å². The summed E-state index contributed by atoms with van der Waals surface area (Å²) in [5, 5.41) is 8.84. The van der Waals surface area contributed by atoms with Gasteiger partial charge in [-0.1, -0.05) is 0 Å². The molecule has 45 valence electrons. The maximum atomic E-state index is 8.84. The molecule has 0 unspecified atom stereocenters. The monoisotopic (exact) mass is 114 g/mol. The molecule has 3 heteroatoms. The van der Waals surface area contributed by atoms with Gasteiger partial charge < -0.3 is 9.84 Å². The molecule has 0 fully saturated rings. The Morgan fingerprint density at radius 3 is 3.00 bits per heavy atom. The van der Waals surface area contributed by atoms with Crippen LogP contribution >= 0.6 is 0 Å². The van der Waals surface area contributed by atoms with Crippen molar-refractivity contribution < 1.29 is 9.84 Å². The molecule has 0 amide bonds. The van der Waals surface area contributed by atoms with E-state index >= 15 is 0 Å². The summed E-state index contributed by atoms with van der Waals surface area (Å²) in [5.74, 6) is 0. The van der Waals surface area contributed by atoms with Crippen molar-refractivity contribution in [1.29, 1.82) is 0 Å². The van der Waals surface area contributed by atoms with Crippen LogP contribution in [0.25, 0.3) is 0 Å². The Balaban J connectivity index is 2.36. The number of rotatable bonds is 1. The summed E-state index contributed by atoms with van der Waals surface area (Å²) >= 11 is 0. The van der Waals surface area contributed by atoms with Gasteiger partial charge in [0.1, 0.15) is 12.6 Å². The first-order valence-corrected chi connectivity index (χ1v) is 2.55. The summed E-state index contributed by atoms with van der Waals surface area (Å²) < 4.78 is 4.64. The van der Waals surface area contributed by atoms with Crippen molar-refractivity contribution in [3.8, 4) is 0 Å². The summed E-state index contributed by atoms with van der Waals surface area (Å²) in [5.41, 5.74) is 0. The van der Waals surface area contributed by atoms with Crippen LogP contribution in [0.15, 0.2) is 4.99 Å². The second kappa shape index (κ2) is 2.13. The van der Waals surface area contributed by atoms with E-state index in [1.165, 1.54) is 0 Å². The van der Waals surface area contributed by atoms with Crippen LogP contribution < -0.4 is 0 Å². The summed E-state index contributed by atoms with van der Waals surface area (Å²) in [6, 6.07) is -0.0880. The molecule has 3 nitrogen and oxygen atoms in total. The average molecular weight is 114 g/mol. The number of aliphatic hydroxyl groups excluding tert-OH is 1. The number of aliphatic imine (C=N–C) groups is 1. The fraction of sp³-hybridized carbons (Fsp3) is 0.800. The van der Waals surface area contributed by atoms with Crippen LogP contribution in [0.4, 0.5) is 0 Å². The number of hydrogen-bond acceptors (Lipinski definition) is 3. The van der Waals surface area contributed by atoms with E-state index < -0.39 is 6.10 Å². The highest BCUT2D eigenvalue weighted by Gasteiger charge is 2.17. The van der Waals surface area contributed by atoms with Gasteiger partial charge in [0.05, 0.1) is 6.10 Å². The maximum Gasteiger partial charge on any atom is 0.273 e. The van der Waals surface area contributed by atoms with Gasteiger partial charge in [-0.15, -0.1) is 0 Å². The molecule has 0 spiro atoms. The van der Waals surface area contributed by atoms with Gasteiger partial charge in [-0.25, -0.2) is 4.99 Å². The fourth-order valence-electron chi connectivity index (χ4n) is 0.512. The summed E-state index contributed by atoms with van der Waals surface area (Å²) in [6.45, 7) is 2.15. The smallest absolute Gasteiger partial charge is 0.273 e. The molecule has 1 aliphatic heterocycles. The molecule has 1 N–H and O–H groups in total. The molecular formula is C5H8NO2. The van der Waals surface area contributed by atoms with Crippen LogP contribution in [0.5, 0.6) is 0 Å². The largest absolute Gasteiger partial charge is 0.472 e. The molecule has 1 aliphatic rings. The van der Waals surface area contributed by atoms with Crippen LogP contribution in [-0.4, -0.2) is 30.3 Å². The van der Waals surface area contributed by atoms with Gasteiger partial charge in [0, 0.05) is 0 Å². The second-order valence-corrected chi connectivity index (χ2v) is 1.84. The average Bonchev–Trinajstić information content (AvgIpc) is 2.12. The van der Waals surface area contributed by atoms with Crippen LogP contribution in [-0.2, 0) is 4.74 Å². The molecule has 0 aromatic heterocycles. The molecule has 0 aromatic rings. The van der Waals surface area contributed by atoms with E-state index in [4.69, 9.17) is 5.11 Å². The lowest BCUT2D eigenvalue weighted by atomic mass is 10.2. The second-order valence-electron chi connectivity index (χ2n) is 1.84. The van der Waals surface area contributed by atoms with E-state index in [0.29, 0.717) is 6.61 Å². The van der Waals surface area contributed by atoms with Crippen molar-refractivity contribution in [2.45, 2.75) is 19.1 Å². The minimum atomic E-state index is -0.412. The highest BCUT2D eigenvalue weighted by molar-refractivity contribution is 5.49. The van der Waals surface area contributed by atoms with Gasteiger partial charge in [-0.3, -0.25) is 0 Å². The Morgan fingerprint density at radius 2 is 2.75 bits per heavy atom. The zero-order chi connectivity index (χ0) is 5.98.